The highest BCUT2D eigenvalue weighted by molar-refractivity contribution is 6.41. The molecule has 6 nitrogen and oxygen atoms in total. The van der Waals surface area contributed by atoms with E-state index in [2.05, 4.69) is 15.3 Å². The molecule has 24 heavy (non-hydrogen) atoms. The summed E-state index contributed by atoms with van der Waals surface area (Å²) in [5.41, 5.74) is 2.33. The van der Waals surface area contributed by atoms with Crippen LogP contribution in [0.25, 0.3) is 11.0 Å². The number of aromatic nitrogens is 2. The molecule has 0 aliphatic carbocycles. The zero-order valence-corrected chi connectivity index (χ0v) is 13.0. The number of amides is 1. The van der Waals surface area contributed by atoms with Crippen LogP contribution in [-0.2, 0) is 16.0 Å². The molecule has 0 fully saturated rings. The number of fused-ring (bicyclic) bond motifs is 1. The summed E-state index contributed by atoms with van der Waals surface area (Å²) in [6.07, 6.45) is 1.40. The Bertz CT molecular complexity index is 909. The summed E-state index contributed by atoms with van der Waals surface area (Å²) >= 11 is 0. The standard InChI is InChI=1S/C18H15N3O3/c1-24-17-9-5-4-8-15(17)21-18(23)16(22)10-12-11-19-13-6-2-3-7-14(13)20-12/h2-9,11H,10H2,1H3,(H,21,23). The lowest BCUT2D eigenvalue weighted by molar-refractivity contribution is -0.134. The second kappa shape index (κ2) is 6.87. The number of hydrogen-bond acceptors (Lipinski definition) is 5. The summed E-state index contributed by atoms with van der Waals surface area (Å²) in [5.74, 6) is -0.816. The van der Waals surface area contributed by atoms with Crippen molar-refractivity contribution in [1.29, 1.82) is 0 Å². The monoisotopic (exact) mass is 321 g/mol. The largest absolute Gasteiger partial charge is 0.495 e. The lowest BCUT2D eigenvalue weighted by Crippen LogP contribution is -2.25. The van der Waals surface area contributed by atoms with E-state index in [9.17, 15) is 9.59 Å². The van der Waals surface area contributed by atoms with E-state index in [1.165, 1.54) is 13.3 Å². The SMILES string of the molecule is COc1ccccc1NC(=O)C(=O)Cc1cnc2ccccc2n1. The molecule has 6 heteroatoms. The maximum absolute atomic E-state index is 12.1. The van der Waals surface area contributed by atoms with Crippen molar-refractivity contribution in [2.75, 3.05) is 12.4 Å². The van der Waals surface area contributed by atoms with Gasteiger partial charge in [0.2, 0.25) is 5.78 Å². The van der Waals surface area contributed by atoms with E-state index in [1.807, 2.05) is 24.3 Å². The number of ketones is 1. The average molecular weight is 321 g/mol. The van der Waals surface area contributed by atoms with Gasteiger partial charge in [0.05, 0.1) is 35.9 Å². The third-order valence-corrected chi connectivity index (χ3v) is 3.45. The topological polar surface area (TPSA) is 81.2 Å². The number of para-hydroxylation sites is 4. The number of nitrogens with zero attached hydrogens (tertiary/aromatic N) is 2. The van der Waals surface area contributed by atoms with Gasteiger partial charge < -0.3 is 10.1 Å². The molecule has 120 valence electrons. The number of Topliss-reactive ketones (excluding diaryl/α,β-unsaturated/α-hetero) is 1. The number of nitrogens with one attached hydrogen (secondary N) is 1. The van der Waals surface area contributed by atoms with E-state index in [0.29, 0.717) is 22.6 Å². The predicted molar refractivity (Wildman–Crippen MR) is 89.9 cm³/mol. The van der Waals surface area contributed by atoms with Crippen molar-refractivity contribution < 1.29 is 14.3 Å². The molecule has 0 radical (unpaired) electrons. The van der Waals surface area contributed by atoms with Gasteiger partial charge in [-0.2, -0.15) is 0 Å². The van der Waals surface area contributed by atoms with Gasteiger partial charge in [-0.1, -0.05) is 24.3 Å². The first-order chi connectivity index (χ1) is 11.7. The Hall–Kier alpha value is -3.28. The van der Waals surface area contributed by atoms with Crippen LogP contribution in [0.1, 0.15) is 5.69 Å². The molecule has 1 aromatic heterocycles. The van der Waals surface area contributed by atoms with Crippen molar-refractivity contribution in [3.05, 3.63) is 60.4 Å². The van der Waals surface area contributed by atoms with E-state index in [4.69, 9.17) is 4.74 Å². The number of carbonyl (C=O) groups is 2. The van der Waals surface area contributed by atoms with E-state index in [1.54, 1.807) is 24.3 Å². The third kappa shape index (κ3) is 3.38. The molecule has 0 aliphatic heterocycles. The smallest absolute Gasteiger partial charge is 0.292 e. The quantitative estimate of drug-likeness (QED) is 0.730. The molecular weight excluding hydrogens is 306 g/mol. The van der Waals surface area contributed by atoms with Crippen molar-refractivity contribution in [3.63, 3.8) is 0 Å². The van der Waals surface area contributed by atoms with Crippen molar-refractivity contribution >= 4 is 28.4 Å². The third-order valence-electron chi connectivity index (χ3n) is 3.45. The van der Waals surface area contributed by atoms with Crippen LogP contribution in [0.3, 0.4) is 0 Å². The first-order valence-corrected chi connectivity index (χ1v) is 7.35. The fourth-order valence-electron chi connectivity index (χ4n) is 2.27. The number of rotatable bonds is 5. The molecule has 0 aliphatic rings. The van der Waals surface area contributed by atoms with E-state index >= 15 is 0 Å². The molecule has 3 aromatic rings. The Kier molecular flexibility index (Phi) is 4.47. The highest BCUT2D eigenvalue weighted by Crippen LogP contribution is 2.22. The molecule has 0 spiro atoms. The lowest BCUT2D eigenvalue weighted by Gasteiger charge is -2.09. The fourth-order valence-corrected chi connectivity index (χ4v) is 2.27. The number of methoxy groups -OCH3 is 1. The van der Waals surface area contributed by atoms with Crippen LogP contribution in [0.15, 0.2) is 54.7 Å². The average Bonchev–Trinajstić information content (AvgIpc) is 2.62. The minimum absolute atomic E-state index is 0.112. The highest BCUT2D eigenvalue weighted by atomic mass is 16.5. The Balaban J connectivity index is 1.72. The highest BCUT2D eigenvalue weighted by Gasteiger charge is 2.17. The van der Waals surface area contributed by atoms with E-state index in [0.717, 1.165) is 5.52 Å². The van der Waals surface area contributed by atoms with Gasteiger partial charge in [0.25, 0.3) is 5.91 Å². The second-order valence-electron chi connectivity index (χ2n) is 5.10. The fraction of sp³-hybridized carbons (Fsp3) is 0.111. The molecule has 0 saturated heterocycles. The number of hydrogen-bond donors (Lipinski definition) is 1. The first kappa shape index (κ1) is 15.6. The summed E-state index contributed by atoms with van der Waals surface area (Å²) in [4.78, 5) is 32.8. The molecule has 1 amide bonds. The maximum atomic E-state index is 12.1. The van der Waals surface area contributed by atoms with Gasteiger partial charge in [-0.05, 0) is 24.3 Å². The number of ether oxygens (including phenoxy) is 1. The minimum atomic E-state index is -0.713. The molecule has 0 bridgehead atoms. The Morgan fingerprint density at radius 2 is 1.75 bits per heavy atom. The van der Waals surface area contributed by atoms with Gasteiger partial charge in [-0.15, -0.1) is 0 Å². The molecule has 0 unspecified atom stereocenters. The number of carbonyl (C=O) groups excluding carboxylic acids is 2. The molecule has 2 aromatic carbocycles. The molecule has 0 atom stereocenters. The molecule has 0 saturated carbocycles. The van der Waals surface area contributed by atoms with E-state index < -0.39 is 11.7 Å². The van der Waals surface area contributed by atoms with Crippen LogP contribution >= 0.6 is 0 Å². The summed E-state index contributed by atoms with van der Waals surface area (Å²) in [6, 6.07) is 14.3. The van der Waals surface area contributed by atoms with Gasteiger partial charge >= 0.3 is 0 Å². The van der Waals surface area contributed by atoms with Gasteiger partial charge in [-0.25, -0.2) is 4.98 Å². The minimum Gasteiger partial charge on any atom is -0.495 e. The van der Waals surface area contributed by atoms with Crippen molar-refractivity contribution in [2.24, 2.45) is 0 Å². The van der Waals surface area contributed by atoms with Gasteiger partial charge in [0.1, 0.15) is 5.75 Å². The van der Waals surface area contributed by atoms with E-state index in [-0.39, 0.29) is 6.42 Å². The Labute approximate surface area is 138 Å². The van der Waals surface area contributed by atoms with Gasteiger partial charge in [-0.3, -0.25) is 14.6 Å². The van der Waals surface area contributed by atoms with Gasteiger partial charge in [0, 0.05) is 6.20 Å². The summed E-state index contributed by atoms with van der Waals surface area (Å²) in [5, 5.41) is 2.56. The van der Waals surface area contributed by atoms with Crippen molar-refractivity contribution in [1.82, 2.24) is 9.97 Å². The lowest BCUT2D eigenvalue weighted by atomic mass is 10.2. The molecular formula is C18H15N3O3. The molecule has 1 heterocycles. The van der Waals surface area contributed by atoms with Crippen LogP contribution in [0.5, 0.6) is 5.75 Å². The zero-order chi connectivity index (χ0) is 16.9. The Morgan fingerprint density at radius 3 is 2.54 bits per heavy atom. The summed E-state index contributed by atoms with van der Waals surface area (Å²) < 4.78 is 5.14. The summed E-state index contributed by atoms with van der Waals surface area (Å²) in [7, 11) is 1.50. The van der Waals surface area contributed by atoms with Crippen LogP contribution in [0, 0.1) is 0 Å². The normalized spacial score (nSPS) is 10.4. The van der Waals surface area contributed by atoms with Crippen LogP contribution in [-0.4, -0.2) is 28.8 Å². The Morgan fingerprint density at radius 1 is 1.04 bits per heavy atom. The summed E-state index contributed by atoms with van der Waals surface area (Å²) in [6.45, 7) is 0. The van der Waals surface area contributed by atoms with Gasteiger partial charge in [0.15, 0.2) is 0 Å². The number of anilines is 1. The van der Waals surface area contributed by atoms with Crippen molar-refractivity contribution in [2.45, 2.75) is 6.42 Å². The van der Waals surface area contributed by atoms with Crippen LogP contribution < -0.4 is 10.1 Å². The first-order valence-electron chi connectivity index (χ1n) is 7.35. The zero-order valence-electron chi connectivity index (χ0n) is 13.0. The maximum Gasteiger partial charge on any atom is 0.292 e. The van der Waals surface area contributed by atoms with Crippen LogP contribution in [0.2, 0.25) is 0 Å². The van der Waals surface area contributed by atoms with Crippen LogP contribution in [0.4, 0.5) is 5.69 Å². The van der Waals surface area contributed by atoms with Crippen molar-refractivity contribution in [3.8, 4) is 5.75 Å². The second-order valence-corrected chi connectivity index (χ2v) is 5.10. The predicted octanol–water partition coefficient (Wildman–Crippen LogP) is 2.39. The molecule has 1 N–H and O–H groups in total. The molecule has 3 rings (SSSR count). The number of benzene rings is 2.